The maximum absolute atomic E-state index is 11.8. The zero-order chi connectivity index (χ0) is 12.4. The molecule has 1 unspecified atom stereocenters. The van der Waals surface area contributed by atoms with E-state index < -0.39 is 17.9 Å². The molecule has 1 aromatic carbocycles. The van der Waals surface area contributed by atoms with Gasteiger partial charge in [-0.3, -0.25) is 4.79 Å². The summed E-state index contributed by atoms with van der Waals surface area (Å²) in [6.45, 7) is 0.965. The molecule has 1 aromatic rings. The predicted molar refractivity (Wildman–Crippen MR) is 61.2 cm³/mol. The molecule has 0 aromatic heterocycles. The van der Waals surface area contributed by atoms with Crippen LogP contribution in [0.15, 0.2) is 24.3 Å². The number of carboxylic acid groups (broad SMARTS) is 1. The van der Waals surface area contributed by atoms with E-state index in [0.717, 1.165) is 12.0 Å². The van der Waals surface area contributed by atoms with Crippen LogP contribution < -0.4 is 5.73 Å². The number of fused-ring (bicyclic) bond motifs is 1. The lowest BCUT2D eigenvalue weighted by Gasteiger charge is -2.29. The van der Waals surface area contributed by atoms with E-state index in [1.165, 1.54) is 10.5 Å². The first-order valence-electron chi connectivity index (χ1n) is 5.43. The lowest BCUT2D eigenvalue weighted by molar-refractivity contribution is -0.146. The summed E-state index contributed by atoms with van der Waals surface area (Å²) in [7, 11) is 0. The first kappa shape index (κ1) is 11.6. The summed E-state index contributed by atoms with van der Waals surface area (Å²) in [6.07, 6.45) is 0.744. The van der Waals surface area contributed by atoms with Crippen molar-refractivity contribution >= 4 is 11.9 Å². The molecule has 0 spiro atoms. The van der Waals surface area contributed by atoms with Crippen molar-refractivity contribution in [2.45, 2.75) is 19.0 Å². The van der Waals surface area contributed by atoms with Gasteiger partial charge in [-0.1, -0.05) is 24.3 Å². The maximum atomic E-state index is 11.8. The van der Waals surface area contributed by atoms with Gasteiger partial charge >= 0.3 is 5.97 Å². The van der Waals surface area contributed by atoms with Crippen LogP contribution in [0.2, 0.25) is 0 Å². The zero-order valence-corrected chi connectivity index (χ0v) is 9.30. The smallest absolute Gasteiger partial charge is 0.330 e. The lowest BCUT2D eigenvalue weighted by Crippen LogP contribution is -2.49. The van der Waals surface area contributed by atoms with Gasteiger partial charge in [0.25, 0.3) is 5.91 Å². The van der Waals surface area contributed by atoms with E-state index >= 15 is 0 Å². The van der Waals surface area contributed by atoms with Crippen LogP contribution in [0.4, 0.5) is 0 Å². The first-order valence-corrected chi connectivity index (χ1v) is 5.43. The molecule has 0 aliphatic carbocycles. The van der Waals surface area contributed by atoms with E-state index in [9.17, 15) is 9.59 Å². The first-order chi connectivity index (χ1) is 8.09. The van der Waals surface area contributed by atoms with E-state index in [0.29, 0.717) is 13.1 Å². The van der Waals surface area contributed by atoms with Gasteiger partial charge < -0.3 is 15.7 Å². The number of aliphatic carboxylic acids is 1. The predicted octanol–water partition coefficient (Wildman–Crippen LogP) is -0.0168. The van der Waals surface area contributed by atoms with Gasteiger partial charge in [0.05, 0.1) is 0 Å². The Bertz CT molecular complexity index is 459. The SMILES string of the molecule is NC(C(=O)O)C(=O)N1CCc2ccccc2C1. The number of nitrogens with zero attached hydrogens (tertiary/aromatic N) is 1. The van der Waals surface area contributed by atoms with E-state index in [2.05, 4.69) is 0 Å². The highest BCUT2D eigenvalue weighted by Gasteiger charge is 2.28. The fourth-order valence-electron chi connectivity index (χ4n) is 1.99. The van der Waals surface area contributed by atoms with Crippen molar-refractivity contribution in [3.63, 3.8) is 0 Å². The van der Waals surface area contributed by atoms with Gasteiger partial charge in [0.1, 0.15) is 0 Å². The Morgan fingerprint density at radius 3 is 2.59 bits per heavy atom. The van der Waals surface area contributed by atoms with E-state index in [1.54, 1.807) is 0 Å². The Kier molecular flexibility index (Phi) is 3.10. The molecule has 0 saturated carbocycles. The molecule has 5 nitrogen and oxygen atoms in total. The van der Waals surface area contributed by atoms with Gasteiger partial charge in [0, 0.05) is 13.1 Å². The number of hydrogen-bond acceptors (Lipinski definition) is 3. The van der Waals surface area contributed by atoms with Gasteiger partial charge in [0.15, 0.2) is 6.04 Å². The van der Waals surface area contributed by atoms with Crippen molar-refractivity contribution in [1.29, 1.82) is 0 Å². The highest BCUT2D eigenvalue weighted by Crippen LogP contribution is 2.18. The number of benzene rings is 1. The summed E-state index contributed by atoms with van der Waals surface area (Å²) < 4.78 is 0. The van der Waals surface area contributed by atoms with Crippen molar-refractivity contribution in [1.82, 2.24) is 4.90 Å². The Labute approximate surface area is 98.8 Å². The molecule has 90 valence electrons. The summed E-state index contributed by atoms with van der Waals surface area (Å²) in [5, 5.41) is 8.71. The molecule has 1 heterocycles. The van der Waals surface area contributed by atoms with E-state index in [-0.39, 0.29) is 0 Å². The second kappa shape index (κ2) is 4.55. The average Bonchev–Trinajstić information content (AvgIpc) is 2.36. The number of carbonyl (C=O) groups is 2. The Morgan fingerprint density at radius 2 is 1.94 bits per heavy atom. The molecule has 0 bridgehead atoms. The van der Waals surface area contributed by atoms with Gasteiger partial charge in [-0.2, -0.15) is 0 Å². The van der Waals surface area contributed by atoms with Gasteiger partial charge in [-0.25, -0.2) is 4.79 Å². The minimum absolute atomic E-state index is 0.440. The molecule has 0 saturated heterocycles. The van der Waals surface area contributed by atoms with Crippen LogP contribution in [-0.4, -0.2) is 34.5 Å². The number of carbonyl (C=O) groups excluding carboxylic acids is 1. The minimum Gasteiger partial charge on any atom is -0.480 e. The quantitative estimate of drug-likeness (QED) is 0.704. The van der Waals surface area contributed by atoms with E-state index in [1.807, 2.05) is 24.3 Å². The maximum Gasteiger partial charge on any atom is 0.330 e. The topological polar surface area (TPSA) is 83.6 Å². The summed E-state index contributed by atoms with van der Waals surface area (Å²) >= 11 is 0. The fourth-order valence-corrected chi connectivity index (χ4v) is 1.99. The van der Waals surface area contributed by atoms with Crippen LogP contribution >= 0.6 is 0 Å². The van der Waals surface area contributed by atoms with Crippen LogP contribution in [-0.2, 0) is 22.6 Å². The highest BCUT2D eigenvalue weighted by molar-refractivity contribution is 6.00. The molecular formula is C12H14N2O3. The van der Waals surface area contributed by atoms with Gasteiger partial charge in [-0.15, -0.1) is 0 Å². The van der Waals surface area contributed by atoms with Crippen molar-refractivity contribution < 1.29 is 14.7 Å². The van der Waals surface area contributed by atoms with Crippen LogP contribution in [0.5, 0.6) is 0 Å². The van der Waals surface area contributed by atoms with Crippen LogP contribution in [0, 0.1) is 0 Å². The van der Waals surface area contributed by atoms with Crippen molar-refractivity contribution in [3.8, 4) is 0 Å². The molecule has 1 aliphatic heterocycles. The average molecular weight is 234 g/mol. The van der Waals surface area contributed by atoms with E-state index in [4.69, 9.17) is 10.8 Å². The molecule has 2 rings (SSSR count). The zero-order valence-electron chi connectivity index (χ0n) is 9.30. The number of nitrogens with two attached hydrogens (primary N) is 1. The molecule has 1 amide bonds. The summed E-state index contributed by atoms with van der Waals surface area (Å²) in [6, 6.07) is 6.37. The van der Waals surface area contributed by atoms with Gasteiger partial charge in [-0.05, 0) is 17.5 Å². The van der Waals surface area contributed by atoms with Gasteiger partial charge in [0.2, 0.25) is 0 Å². The molecular weight excluding hydrogens is 220 g/mol. The second-order valence-corrected chi connectivity index (χ2v) is 4.09. The fraction of sp³-hybridized carbons (Fsp3) is 0.333. The third kappa shape index (κ3) is 2.29. The second-order valence-electron chi connectivity index (χ2n) is 4.09. The molecule has 1 atom stereocenters. The van der Waals surface area contributed by atoms with Crippen LogP contribution in [0.3, 0.4) is 0 Å². The molecule has 17 heavy (non-hydrogen) atoms. The standard InChI is InChI=1S/C12H14N2O3/c13-10(12(16)17)11(15)14-6-5-8-3-1-2-4-9(8)7-14/h1-4,10H,5-7,13H2,(H,16,17). The molecule has 5 heteroatoms. The van der Waals surface area contributed by atoms with Crippen molar-refractivity contribution in [2.75, 3.05) is 6.54 Å². The number of amides is 1. The number of hydrogen-bond donors (Lipinski definition) is 2. The Hall–Kier alpha value is -1.88. The largest absolute Gasteiger partial charge is 0.480 e. The Morgan fingerprint density at radius 1 is 1.29 bits per heavy atom. The number of rotatable bonds is 2. The third-order valence-electron chi connectivity index (χ3n) is 2.97. The van der Waals surface area contributed by atoms with Crippen LogP contribution in [0.1, 0.15) is 11.1 Å². The minimum atomic E-state index is -1.46. The van der Waals surface area contributed by atoms with Crippen molar-refractivity contribution in [3.05, 3.63) is 35.4 Å². The number of carboxylic acids is 1. The molecule has 0 radical (unpaired) electrons. The van der Waals surface area contributed by atoms with Crippen LogP contribution in [0.25, 0.3) is 0 Å². The highest BCUT2D eigenvalue weighted by atomic mass is 16.4. The summed E-state index contributed by atoms with van der Waals surface area (Å²) in [4.78, 5) is 23.9. The molecule has 0 fully saturated rings. The summed E-state index contributed by atoms with van der Waals surface area (Å²) in [5.41, 5.74) is 7.59. The Balaban J connectivity index is 2.12. The third-order valence-corrected chi connectivity index (χ3v) is 2.97. The monoisotopic (exact) mass is 234 g/mol. The summed E-state index contributed by atoms with van der Waals surface area (Å²) in [5.74, 6) is -1.80. The normalized spacial score (nSPS) is 16.2. The molecule has 3 N–H and O–H groups in total. The van der Waals surface area contributed by atoms with Crippen molar-refractivity contribution in [2.24, 2.45) is 5.73 Å². The lowest BCUT2D eigenvalue weighted by atomic mass is 9.99. The molecule has 1 aliphatic rings.